The summed E-state index contributed by atoms with van der Waals surface area (Å²) in [5.74, 6) is -0.368. The molecule has 2 heterocycles. The van der Waals surface area contributed by atoms with Crippen LogP contribution in [0.4, 0.5) is 5.00 Å². The van der Waals surface area contributed by atoms with Crippen molar-refractivity contribution < 1.29 is 19.1 Å². The van der Waals surface area contributed by atoms with Crippen LogP contribution in [0.2, 0.25) is 5.02 Å². The van der Waals surface area contributed by atoms with E-state index in [1.165, 1.54) is 18.4 Å². The zero-order valence-corrected chi connectivity index (χ0v) is 17.7. The number of hydrogen-bond donors (Lipinski definition) is 1. The highest BCUT2D eigenvalue weighted by Gasteiger charge is 2.29. The fourth-order valence-corrected chi connectivity index (χ4v) is 4.71. The Bertz CT molecular complexity index is 897. The number of likely N-dealkylation sites (N-methyl/N-ethyl adjacent to an activating group) is 1. The van der Waals surface area contributed by atoms with Gasteiger partial charge in [0.15, 0.2) is 0 Å². The number of carbonyl (C=O) groups is 2. The molecule has 0 bridgehead atoms. The Morgan fingerprint density at radius 2 is 2.11 bits per heavy atom. The highest BCUT2D eigenvalue weighted by atomic mass is 35.5. The van der Waals surface area contributed by atoms with Gasteiger partial charge in [0.25, 0.3) is 5.91 Å². The molecule has 0 saturated heterocycles. The third-order valence-corrected chi connectivity index (χ3v) is 6.06. The minimum Gasteiger partial charge on any atom is -0.496 e. The third-order valence-electron chi connectivity index (χ3n) is 4.70. The second-order valence-corrected chi connectivity index (χ2v) is 7.89. The summed E-state index contributed by atoms with van der Waals surface area (Å²) in [4.78, 5) is 28.9. The van der Waals surface area contributed by atoms with Gasteiger partial charge in [-0.15, -0.1) is 11.3 Å². The summed E-state index contributed by atoms with van der Waals surface area (Å²) in [6.07, 6.45) is 0.754. The average molecular weight is 423 g/mol. The van der Waals surface area contributed by atoms with E-state index < -0.39 is 5.97 Å². The molecular formula is C20H23ClN2O4S. The molecule has 1 N–H and O–H groups in total. The number of thiophene rings is 1. The standard InChI is InChI=1S/C20H23ClN2O4S/c1-4-23-9-8-13-16(11-23)28-19(17(13)20(25)27-5-2)22-18(24)14-10-12(21)6-7-15(14)26-3/h6-7,10H,4-5,8-9,11H2,1-3H3,(H,22,24). The van der Waals surface area contributed by atoms with Gasteiger partial charge in [0, 0.05) is 23.0 Å². The van der Waals surface area contributed by atoms with Gasteiger partial charge in [0.1, 0.15) is 10.8 Å². The topological polar surface area (TPSA) is 67.9 Å². The van der Waals surface area contributed by atoms with Gasteiger partial charge < -0.3 is 14.8 Å². The lowest BCUT2D eigenvalue weighted by molar-refractivity contribution is 0.0526. The van der Waals surface area contributed by atoms with Gasteiger partial charge in [-0.1, -0.05) is 18.5 Å². The largest absolute Gasteiger partial charge is 0.496 e. The SMILES string of the molecule is CCOC(=O)c1c(NC(=O)c2cc(Cl)ccc2OC)sc2c1CCN(CC)C2. The lowest BCUT2D eigenvalue weighted by atomic mass is 10.0. The van der Waals surface area contributed by atoms with Crippen LogP contribution in [0, 0.1) is 0 Å². The minimum atomic E-state index is -0.404. The first kappa shape index (κ1) is 20.6. The van der Waals surface area contributed by atoms with Crippen molar-refractivity contribution in [3.05, 3.63) is 44.8 Å². The van der Waals surface area contributed by atoms with Crippen molar-refractivity contribution in [1.82, 2.24) is 4.90 Å². The van der Waals surface area contributed by atoms with Crippen molar-refractivity contribution in [2.24, 2.45) is 0 Å². The predicted octanol–water partition coefficient (Wildman–Crippen LogP) is 4.22. The molecule has 0 radical (unpaired) electrons. The number of esters is 1. The lowest BCUT2D eigenvalue weighted by Gasteiger charge is -2.25. The fraction of sp³-hybridized carbons (Fsp3) is 0.400. The van der Waals surface area contributed by atoms with Crippen LogP contribution in [-0.4, -0.2) is 43.6 Å². The number of amides is 1. The molecule has 0 unspecified atom stereocenters. The monoisotopic (exact) mass is 422 g/mol. The molecule has 1 aliphatic rings. The van der Waals surface area contributed by atoms with E-state index in [-0.39, 0.29) is 12.5 Å². The smallest absolute Gasteiger partial charge is 0.341 e. The van der Waals surface area contributed by atoms with Crippen LogP contribution >= 0.6 is 22.9 Å². The Balaban J connectivity index is 1.97. The number of halogens is 1. The van der Waals surface area contributed by atoms with Gasteiger partial charge >= 0.3 is 5.97 Å². The molecule has 0 spiro atoms. The van der Waals surface area contributed by atoms with Gasteiger partial charge in [-0.3, -0.25) is 9.69 Å². The Labute approximate surface area is 173 Å². The van der Waals surface area contributed by atoms with Crippen LogP contribution in [0.25, 0.3) is 0 Å². The highest BCUT2D eigenvalue weighted by Crippen LogP contribution is 2.38. The van der Waals surface area contributed by atoms with Crippen molar-refractivity contribution in [3.63, 3.8) is 0 Å². The molecule has 150 valence electrons. The van der Waals surface area contributed by atoms with E-state index in [0.717, 1.165) is 36.5 Å². The Hall–Kier alpha value is -2.09. The number of hydrogen-bond acceptors (Lipinski definition) is 6. The quantitative estimate of drug-likeness (QED) is 0.706. The van der Waals surface area contributed by atoms with Gasteiger partial charge in [-0.05, 0) is 43.7 Å². The zero-order chi connectivity index (χ0) is 20.3. The predicted molar refractivity (Wildman–Crippen MR) is 111 cm³/mol. The lowest BCUT2D eigenvalue weighted by Crippen LogP contribution is -2.30. The first-order valence-electron chi connectivity index (χ1n) is 9.17. The van der Waals surface area contributed by atoms with E-state index in [1.807, 2.05) is 0 Å². The summed E-state index contributed by atoms with van der Waals surface area (Å²) in [6.45, 7) is 6.73. The maximum absolute atomic E-state index is 12.9. The second-order valence-electron chi connectivity index (χ2n) is 6.35. The Morgan fingerprint density at radius 3 is 2.79 bits per heavy atom. The number of anilines is 1. The molecular weight excluding hydrogens is 400 g/mol. The van der Waals surface area contributed by atoms with E-state index in [4.69, 9.17) is 21.1 Å². The molecule has 0 fully saturated rings. The molecule has 1 amide bonds. The van der Waals surface area contributed by atoms with Gasteiger partial charge in [-0.2, -0.15) is 0 Å². The maximum atomic E-state index is 12.9. The minimum absolute atomic E-state index is 0.278. The summed E-state index contributed by atoms with van der Waals surface area (Å²) in [6, 6.07) is 4.85. The van der Waals surface area contributed by atoms with Crippen LogP contribution < -0.4 is 10.1 Å². The van der Waals surface area contributed by atoms with Crippen molar-refractivity contribution in [1.29, 1.82) is 0 Å². The number of nitrogens with one attached hydrogen (secondary N) is 1. The van der Waals surface area contributed by atoms with Crippen LogP contribution in [0.3, 0.4) is 0 Å². The van der Waals surface area contributed by atoms with E-state index in [9.17, 15) is 9.59 Å². The van der Waals surface area contributed by atoms with Gasteiger partial charge in [-0.25, -0.2) is 4.79 Å². The van der Waals surface area contributed by atoms with E-state index in [1.54, 1.807) is 25.1 Å². The van der Waals surface area contributed by atoms with Crippen molar-refractivity contribution in [2.45, 2.75) is 26.8 Å². The molecule has 0 atom stereocenters. The van der Waals surface area contributed by atoms with Crippen LogP contribution in [0.1, 0.15) is 45.0 Å². The number of rotatable bonds is 6. The van der Waals surface area contributed by atoms with Gasteiger partial charge in [0.05, 0.1) is 24.8 Å². The summed E-state index contributed by atoms with van der Waals surface area (Å²) in [5.41, 5.74) is 1.75. The summed E-state index contributed by atoms with van der Waals surface area (Å²) in [5, 5.41) is 3.82. The number of methoxy groups -OCH3 is 1. The molecule has 6 nitrogen and oxygen atoms in total. The molecule has 1 aliphatic heterocycles. The molecule has 8 heteroatoms. The van der Waals surface area contributed by atoms with Crippen molar-refractivity contribution >= 4 is 39.8 Å². The number of carbonyl (C=O) groups excluding carboxylic acids is 2. The van der Waals surface area contributed by atoms with E-state index >= 15 is 0 Å². The number of benzene rings is 1. The maximum Gasteiger partial charge on any atom is 0.341 e. The number of fused-ring (bicyclic) bond motifs is 1. The summed E-state index contributed by atoms with van der Waals surface area (Å²) >= 11 is 7.47. The van der Waals surface area contributed by atoms with Crippen molar-refractivity contribution in [3.8, 4) is 5.75 Å². The summed E-state index contributed by atoms with van der Waals surface area (Å²) in [7, 11) is 1.49. The normalized spacial score (nSPS) is 13.7. The molecule has 0 aliphatic carbocycles. The third kappa shape index (κ3) is 4.16. The number of ether oxygens (including phenoxy) is 2. The Morgan fingerprint density at radius 1 is 1.32 bits per heavy atom. The van der Waals surface area contributed by atoms with Crippen LogP contribution in [0.15, 0.2) is 18.2 Å². The fourth-order valence-electron chi connectivity index (χ4n) is 3.26. The van der Waals surface area contributed by atoms with Crippen molar-refractivity contribution in [2.75, 3.05) is 32.1 Å². The first-order chi connectivity index (χ1) is 13.5. The Kier molecular flexibility index (Phi) is 6.59. The number of nitrogens with zero attached hydrogens (tertiary/aromatic N) is 1. The second kappa shape index (κ2) is 8.94. The zero-order valence-electron chi connectivity index (χ0n) is 16.1. The van der Waals surface area contributed by atoms with E-state index in [0.29, 0.717) is 26.9 Å². The van der Waals surface area contributed by atoms with Gasteiger partial charge in [0.2, 0.25) is 0 Å². The highest BCUT2D eigenvalue weighted by molar-refractivity contribution is 7.17. The first-order valence-corrected chi connectivity index (χ1v) is 10.4. The molecule has 1 aromatic heterocycles. The molecule has 3 rings (SSSR count). The van der Waals surface area contributed by atoms with Crippen LogP contribution in [-0.2, 0) is 17.7 Å². The molecule has 0 saturated carbocycles. The summed E-state index contributed by atoms with van der Waals surface area (Å²) < 4.78 is 10.5. The van der Waals surface area contributed by atoms with E-state index in [2.05, 4.69) is 17.1 Å². The molecule has 28 heavy (non-hydrogen) atoms. The molecule has 2 aromatic rings. The average Bonchev–Trinajstić information content (AvgIpc) is 3.04. The van der Waals surface area contributed by atoms with Crippen LogP contribution in [0.5, 0.6) is 5.75 Å². The molecule has 1 aromatic carbocycles.